The summed E-state index contributed by atoms with van der Waals surface area (Å²) in [6, 6.07) is 15.1. The zero-order valence-corrected chi connectivity index (χ0v) is 29.9. The minimum absolute atomic E-state index is 0.110. The number of ether oxygens (including phenoxy) is 2. The minimum Gasteiger partial charge on any atom is -0.493 e. The lowest BCUT2D eigenvalue weighted by molar-refractivity contribution is -0.137. The molecule has 12 nitrogen and oxygen atoms in total. The van der Waals surface area contributed by atoms with E-state index in [2.05, 4.69) is 10.3 Å². The highest BCUT2D eigenvalue weighted by atomic mass is 32.2. The van der Waals surface area contributed by atoms with Gasteiger partial charge in [0.1, 0.15) is 0 Å². The molecule has 1 aromatic heterocycles. The number of hydrogen-bond donors (Lipinski definition) is 3. The molecule has 3 fully saturated rings. The van der Waals surface area contributed by atoms with Crippen LogP contribution in [0.1, 0.15) is 28.3 Å². The molecular formula is C35H29F3N4O8S3. The summed E-state index contributed by atoms with van der Waals surface area (Å²) in [5, 5.41) is 8.18. The molecule has 8 rings (SSSR count). The number of aromatic amines is 1. The number of rotatable bonds is 8. The van der Waals surface area contributed by atoms with Gasteiger partial charge in [-0.25, -0.2) is 18.5 Å². The van der Waals surface area contributed by atoms with Crippen molar-refractivity contribution in [2.24, 2.45) is 34.7 Å². The summed E-state index contributed by atoms with van der Waals surface area (Å²) in [5.74, 6) is -4.17. The summed E-state index contributed by atoms with van der Waals surface area (Å²) >= 11 is 2.50. The summed E-state index contributed by atoms with van der Waals surface area (Å²) in [6.45, 7) is -0.419. The van der Waals surface area contributed by atoms with E-state index >= 15 is 0 Å². The average Bonchev–Trinajstić information content (AvgIpc) is 3.85. The molecule has 2 saturated carbocycles. The van der Waals surface area contributed by atoms with Gasteiger partial charge >= 0.3 is 11.0 Å². The number of para-hydroxylation sites is 1. The van der Waals surface area contributed by atoms with Gasteiger partial charge in [-0.1, -0.05) is 29.5 Å². The Labute approximate surface area is 307 Å². The highest BCUT2D eigenvalue weighted by Gasteiger charge is 2.70. The maximum absolute atomic E-state index is 14.1. The fourth-order valence-corrected chi connectivity index (χ4v) is 12.0. The molecule has 3 heterocycles. The Bertz CT molecular complexity index is 2350. The van der Waals surface area contributed by atoms with Crippen molar-refractivity contribution in [3.63, 3.8) is 0 Å². The molecule has 4 aliphatic rings. The van der Waals surface area contributed by atoms with Crippen LogP contribution in [0.25, 0.3) is 0 Å². The highest BCUT2D eigenvalue weighted by Crippen LogP contribution is 2.69. The second-order valence-electron chi connectivity index (χ2n) is 13.3. The molecule has 18 heteroatoms. The summed E-state index contributed by atoms with van der Waals surface area (Å²) in [4.78, 5) is 57.4. The lowest BCUT2D eigenvalue weighted by atomic mass is 9.68. The number of carbonyl (C=O) groups is 3. The number of thioether (sulfide) groups is 1. The molecule has 0 radical (unpaired) electrons. The normalized spacial score (nSPS) is 25.9. The van der Waals surface area contributed by atoms with Gasteiger partial charge in [-0.15, -0.1) is 11.8 Å². The highest BCUT2D eigenvalue weighted by molar-refractivity contribution is 8.00. The molecule has 276 valence electrons. The van der Waals surface area contributed by atoms with Crippen LogP contribution in [0.3, 0.4) is 0 Å². The second kappa shape index (κ2) is 12.7. The number of benzene rings is 3. The summed E-state index contributed by atoms with van der Waals surface area (Å²) in [6.07, 6.45) is -4.23. The number of hydrogen-bond acceptors (Lipinski definition) is 10. The van der Waals surface area contributed by atoms with E-state index in [9.17, 15) is 40.8 Å². The molecule has 3 aromatic carbocycles. The number of amides is 3. The van der Waals surface area contributed by atoms with Gasteiger partial charge in [0.25, 0.3) is 5.91 Å². The standard InChI is InChI=1S/C35H29F3N4O8S3/c1-49-23-12-15(6-11-22(23)50-14-24(43)40-16-7-9-17(10-8-16)53(39,47)48)25-26-18-13-19(29(26)51-31-30(25)52-34(46)41-31)28-27(18)32(44)42(33(28)45)21-5-3-2-4-20(21)35(36,37)38/h2-12,18-19,25-29H,13-14H2,1H3,(H,40,43)(H,41,46)(H2,39,47,48)/t18-,19-,25-,26?,27?,28?,29?/m1/s1. The molecule has 4 N–H and O–H groups in total. The average molecular weight is 787 g/mol. The van der Waals surface area contributed by atoms with Crippen LogP contribution in [0.4, 0.5) is 24.5 Å². The van der Waals surface area contributed by atoms with Gasteiger partial charge in [0.15, 0.2) is 18.1 Å². The Morgan fingerprint density at radius 1 is 1.00 bits per heavy atom. The maximum Gasteiger partial charge on any atom is 0.418 e. The van der Waals surface area contributed by atoms with Crippen LogP contribution in [0.2, 0.25) is 0 Å². The first kappa shape index (κ1) is 35.4. The van der Waals surface area contributed by atoms with E-state index in [1.165, 1.54) is 55.3 Å². The third-order valence-corrected chi connectivity index (χ3v) is 14.1. The predicted molar refractivity (Wildman–Crippen MR) is 187 cm³/mol. The quantitative estimate of drug-likeness (QED) is 0.212. The zero-order valence-electron chi connectivity index (χ0n) is 27.5. The number of sulfonamides is 1. The van der Waals surface area contributed by atoms with Crippen LogP contribution in [0.15, 0.2) is 81.4 Å². The van der Waals surface area contributed by atoms with Gasteiger partial charge in [-0.3, -0.25) is 19.2 Å². The molecule has 0 spiro atoms. The van der Waals surface area contributed by atoms with E-state index < -0.39 is 69.5 Å². The molecule has 4 aromatic rings. The first-order valence-electron chi connectivity index (χ1n) is 16.3. The molecule has 53 heavy (non-hydrogen) atoms. The van der Waals surface area contributed by atoms with E-state index in [1.54, 1.807) is 18.2 Å². The van der Waals surface area contributed by atoms with Crippen LogP contribution in [-0.2, 0) is 30.6 Å². The van der Waals surface area contributed by atoms with Crippen molar-refractivity contribution in [1.29, 1.82) is 0 Å². The number of carbonyl (C=O) groups excluding carboxylic acids is 3. The Balaban J connectivity index is 1.07. The molecular weight excluding hydrogens is 758 g/mol. The second-order valence-corrected chi connectivity index (χ2v) is 17.1. The Hall–Kier alpha value is -4.65. The van der Waals surface area contributed by atoms with E-state index in [4.69, 9.17) is 14.6 Å². The molecule has 7 atom stereocenters. The van der Waals surface area contributed by atoms with E-state index in [0.717, 1.165) is 38.8 Å². The minimum atomic E-state index is -4.77. The largest absolute Gasteiger partial charge is 0.493 e. The SMILES string of the molecule is COc1cc([C@H]2c3sc(=O)[nH]c3SC3C2[C@H]2C[C@@H]3C3C(=O)N(c4ccccc4C(F)(F)F)C(=O)C32)ccc1OCC(=O)Nc1ccc(S(N)(=O)=O)cc1. The molecule has 2 aliphatic heterocycles. The van der Waals surface area contributed by atoms with Crippen molar-refractivity contribution in [1.82, 2.24) is 4.98 Å². The molecule has 4 unspecified atom stereocenters. The van der Waals surface area contributed by atoms with Crippen LogP contribution in [-0.4, -0.2) is 50.1 Å². The Morgan fingerprint density at radius 2 is 1.70 bits per heavy atom. The van der Waals surface area contributed by atoms with Crippen LogP contribution < -0.4 is 29.7 Å². The van der Waals surface area contributed by atoms with Crippen molar-refractivity contribution in [3.8, 4) is 11.5 Å². The van der Waals surface area contributed by atoms with Gasteiger partial charge < -0.3 is 19.8 Å². The summed E-state index contributed by atoms with van der Waals surface area (Å²) in [7, 11) is -2.47. The third-order valence-electron chi connectivity index (χ3n) is 10.5. The number of aromatic nitrogens is 1. The van der Waals surface area contributed by atoms with Gasteiger partial charge in [-0.05, 0) is 78.3 Å². The molecule has 1 saturated heterocycles. The smallest absolute Gasteiger partial charge is 0.418 e. The number of fused-ring (bicyclic) bond motifs is 9. The number of methoxy groups -OCH3 is 1. The molecule has 3 amide bonds. The number of nitrogens with one attached hydrogen (secondary N) is 2. The fourth-order valence-electron chi connectivity index (χ4n) is 8.60. The van der Waals surface area contributed by atoms with E-state index in [0.29, 0.717) is 17.1 Å². The van der Waals surface area contributed by atoms with E-state index in [1.807, 2.05) is 0 Å². The monoisotopic (exact) mass is 786 g/mol. The third kappa shape index (κ3) is 5.91. The van der Waals surface area contributed by atoms with Gasteiger partial charge in [0.2, 0.25) is 21.8 Å². The number of thiazole rings is 1. The fraction of sp³-hybridized carbons (Fsp3) is 0.314. The number of nitrogens with zero attached hydrogens (tertiary/aromatic N) is 1. The van der Waals surface area contributed by atoms with Gasteiger partial charge in [0.05, 0.1) is 40.1 Å². The van der Waals surface area contributed by atoms with Crippen molar-refractivity contribution in [2.75, 3.05) is 23.9 Å². The number of nitrogens with two attached hydrogens (primary N) is 1. The van der Waals surface area contributed by atoms with Crippen molar-refractivity contribution < 1.29 is 45.4 Å². The van der Waals surface area contributed by atoms with Crippen LogP contribution in [0.5, 0.6) is 11.5 Å². The predicted octanol–water partition coefficient (Wildman–Crippen LogP) is 4.81. The van der Waals surface area contributed by atoms with Crippen LogP contribution in [0, 0.1) is 29.6 Å². The first-order valence-corrected chi connectivity index (χ1v) is 19.6. The number of H-pyrrole nitrogens is 1. The number of imide groups is 1. The van der Waals surface area contributed by atoms with Crippen molar-refractivity contribution in [3.05, 3.63) is 92.4 Å². The van der Waals surface area contributed by atoms with E-state index in [-0.39, 0.29) is 44.3 Å². The number of alkyl halides is 3. The van der Waals surface area contributed by atoms with Crippen molar-refractivity contribution >= 4 is 62.2 Å². The summed E-state index contributed by atoms with van der Waals surface area (Å²) in [5.41, 5.74) is -0.458. The Morgan fingerprint density at radius 3 is 2.38 bits per heavy atom. The van der Waals surface area contributed by atoms with Crippen molar-refractivity contribution in [2.45, 2.75) is 33.7 Å². The van der Waals surface area contributed by atoms with Gasteiger partial charge in [-0.2, -0.15) is 13.2 Å². The summed E-state index contributed by atoms with van der Waals surface area (Å²) < 4.78 is 76.5. The molecule has 2 aliphatic carbocycles. The lowest BCUT2D eigenvalue weighted by Gasteiger charge is -2.43. The Kier molecular flexibility index (Phi) is 8.51. The first-order chi connectivity index (χ1) is 25.2. The topological polar surface area (TPSA) is 178 Å². The maximum atomic E-state index is 14.1. The number of anilines is 2. The molecule has 2 bridgehead atoms. The van der Waals surface area contributed by atoms with Crippen LogP contribution >= 0.6 is 23.1 Å². The zero-order chi connectivity index (χ0) is 37.6. The number of primary sulfonamides is 1. The van der Waals surface area contributed by atoms with Gasteiger partial charge in [0, 0.05) is 21.7 Å². The number of halogens is 3. The lowest BCUT2D eigenvalue weighted by Crippen LogP contribution is -2.42.